The van der Waals surface area contributed by atoms with Crippen LogP contribution in [0.25, 0.3) is 0 Å². The number of Topliss-reactive ketones (excluding diaryl/α,β-unsaturated/α-hetero) is 1. The molecule has 8 nitrogen and oxygen atoms in total. The Morgan fingerprint density at radius 2 is 1.93 bits per heavy atom. The van der Waals surface area contributed by atoms with Crippen LogP contribution in [0.1, 0.15) is 43.7 Å². The van der Waals surface area contributed by atoms with Crippen LogP contribution in [0.15, 0.2) is 69.5 Å². The first-order valence-electron chi connectivity index (χ1n) is 12.7. The minimum atomic E-state index is -0.558. The Morgan fingerprint density at radius 1 is 1.22 bits per heavy atom. The Bertz CT molecular complexity index is 1650. The van der Waals surface area contributed by atoms with Crippen molar-refractivity contribution in [3.05, 3.63) is 86.3 Å². The van der Waals surface area contributed by atoms with E-state index in [9.17, 15) is 14.9 Å². The number of nitriles is 1. The maximum atomic E-state index is 13.7. The summed E-state index contributed by atoms with van der Waals surface area (Å²) in [6, 6.07) is 15.1. The third-order valence-corrected chi connectivity index (χ3v) is 9.57. The van der Waals surface area contributed by atoms with Gasteiger partial charge in [0.25, 0.3) is 0 Å². The lowest BCUT2D eigenvalue weighted by Gasteiger charge is -2.42. The van der Waals surface area contributed by atoms with Crippen molar-refractivity contribution >= 4 is 68.8 Å². The van der Waals surface area contributed by atoms with Crippen LogP contribution in [0, 0.1) is 23.7 Å². The van der Waals surface area contributed by atoms with E-state index >= 15 is 0 Å². The number of thioether (sulfide) groups is 1. The maximum absolute atomic E-state index is 13.7. The Labute approximate surface area is 256 Å². The first-order valence-corrected chi connectivity index (χ1v) is 15.3. The normalized spacial score (nSPS) is 18.3. The summed E-state index contributed by atoms with van der Waals surface area (Å²) in [4.78, 5) is 28.0. The molecule has 0 bridgehead atoms. The highest BCUT2D eigenvalue weighted by Gasteiger charge is 2.45. The third kappa shape index (κ3) is 5.86. The average Bonchev–Trinajstić information content (AvgIpc) is 3.37. The molecule has 0 saturated carbocycles. The zero-order chi connectivity index (χ0) is 29.5. The molecule has 3 aromatic rings. The number of nitrogens with two attached hydrogens (primary N) is 1. The third-order valence-electron chi connectivity index (χ3n) is 6.90. The second kappa shape index (κ2) is 11.5. The fraction of sp³-hybridized carbons (Fsp3) is 0.276. The Kier molecular flexibility index (Phi) is 8.17. The lowest BCUT2D eigenvalue weighted by atomic mass is 9.68. The fourth-order valence-electron chi connectivity index (χ4n) is 5.18. The molecule has 1 aromatic heterocycles. The van der Waals surface area contributed by atoms with Gasteiger partial charge in [0.1, 0.15) is 5.82 Å². The molecule has 1 amide bonds. The van der Waals surface area contributed by atoms with Crippen LogP contribution in [0.4, 0.5) is 10.8 Å². The molecule has 2 aromatic carbocycles. The molecule has 3 N–H and O–H groups in total. The first-order chi connectivity index (χ1) is 19.5. The number of para-hydroxylation sites is 1. The topological polar surface area (TPSA) is 125 Å². The summed E-state index contributed by atoms with van der Waals surface area (Å²) >= 11 is 14.8. The summed E-state index contributed by atoms with van der Waals surface area (Å²) in [5.41, 5.74) is 10.2. The van der Waals surface area contributed by atoms with Crippen molar-refractivity contribution < 1.29 is 9.59 Å². The highest BCUT2D eigenvalue weighted by atomic mass is 35.5. The van der Waals surface area contributed by atoms with Crippen LogP contribution in [0.3, 0.4) is 0 Å². The van der Waals surface area contributed by atoms with Crippen molar-refractivity contribution in [2.45, 2.75) is 43.9 Å². The van der Waals surface area contributed by atoms with E-state index in [2.05, 4.69) is 21.6 Å². The van der Waals surface area contributed by atoms with Crippen molar-refractivity contribution in [1.29, 1.82) is 5.26 Å². The van der Waals surface area contributed by atoms with E-state index in [1.165, 1.54) is 23.1 Å². The number of nitrogens with one attached hydrogen (secondary N) is 1. The lowest BCUT2D eigenvalue weighted by molar-refractivity contribution is -0.118. The molecule has 2 heterocycles. The van der Waals surface area contributed by atoms with E-state index < -0.39 is 5.92 Å². The minimum Gasteiger partial charge on any atom is -0.384 e. The van der Waals surface area contributed by atoms with Gasteiger partial charge in [-0.2, -0.15) is 5.26 Å². The highest BCUT2D eigenvalue weighted by Crippen LogP contribution is 2.50. The number of carbonyl (C=O) groups excluding carboxylic acids is 2. The maximum Gasteiger partial charge on any atom is 0.234 e. The quantitative estimate of drug-likeness (QED) is 0.286. The molecule has 0 saturated heterocycles. The molecule has 2 aliphatic rings. The zero-order valence-electron chi connectivity index (χ0n) is 22.5. The number of hydrogen-bond acceptors (Lipinski definition) is 9. The largest absolute Gasteiger partial charge is 0.384 e. The number of aryl methyl sites for hydroxylation is 1. The lowest BCUT2D eigenvalue weighted by Crippen LogP contribution is -2.42. The van der Waals surface area contributed by atoms with Crippen LogP contribution in [-0.4, -0.2) is 27.6 Å². The summed E-state index contributed by atoms with van der Waals surface area (Å²) in [7, 11) is 0. The van der Waals surface area contributed by atoms with Gasteiger partial charge >= 0.3 is 0 Å². The average molecular weight is 626 g/mol. The van der Waals surface area contributed by atoms with Gasteiger partial charge in [-0.1, -0.05) is 96.0 Å². The second-order valence-corrected chi connectivity index (χ2v) is 13.7. The second-order valence-electron chi connectivity index (χ2n) is 10.7. The van der Waals surface area contributed by atoms with Crippen molar-refractivity contribution in [3.8, 4) is 6.07 Å². The molecule has 12 heteroatoms. The highest BCUT2D eigenvalue weighted by molar-refractivity contribution is 8.01. The number of anilines is 2. The molecule has 0 spiro atoms. The van der Waals surface area contributed by atoms with Gasteiger partial charge in [-0.25, -0.2) is 0 Å². The molecule has 1 atom stereocenters. The van der Waals surface area contributed by atoms with Crippen molar-refractivity contribution in [2.75, 3.05) is 16.0 Å². The monoisotopic (exact) mass is 624 g/mol. The van der Waals surface area contributed by atoms with Crippen molar-refractivity contribution in [2.24, 2.45) is 11.1 Å². The molecule has 41 heavy (non-hydrogen) atoms. The summed E-state index contributed by atoms with van der Waals surface area (Å²) in [6.07, 6.45) is 0.932. The summed E-state index contributed by atoms with van der Waals surface area (Å²) in [5, 5.41) is 22.7. The number of allylic oxidation sites excluding steroid dienone is 3. The van der Waals surface area contributed by atoms with E-state index in [1.807, 2.05) is 45.0 Å². The Balaban J connectivity index is 1.47. The van der Waals surface area contributed by atoms with Crippen LogP contribution in [0.2, 0.25) is 10.0 Å². The molecular weight excluding hydrogens is 599 g/mol. The number of hydrogen-bond donors (Lipinski definition) is 2. The van der Waals surface area contributed by atoms with E-state index in [-0.39, 0.29) is 28.7 Å². The van der Waals surface area contributed by atoms with Gasteiger partial charge in [-0.05, 0) is 36.5 Å². The molecule has 1 aliphatic heterocycles. The first kappa shape index (κ1) is 29.1. The van der Waals surface area contributed by atoms with Gasteiger partial charge in [0.15, 0.2) is 10.1 Å². The van der Waals surface area contributed by atoms with Crippen LogP contribution in [0.5, 0.6) is 0 Å². The Morgan fingerprint density at radius 3 is 2.61 bits per heavy atom. The fourth-order valence-corrected chi connectivity index (χ4v) is 7.35. The van der Waals surface area contributed by atoms with Crippen LogP contribution in [-0.2, 0) is 9.59 Å². The minimum absolute atomic E-state index is 0.0120. The van der Waals surface area contributed by atoms with Crippen molar-refractivity contribution in [3.63, 3.8) is 0 Å². The van der Waals surface area contributed by atoms with Crippen LogP contribution < -0.4 is 16.0 Å². The van der Waals surface area contributed by atoms with E-state index in [4.69, 9.17) is 28.9 Å². The number of amides is 1. The molecular formula is C29H26Cl2N6O2S2. The van der Waals surface area contributed by atoms with Gasteiger partial charge in [0.2, 0.25) is 11.0 Å². The standard InChI is InChI=1S/C29H26Cl2N6O2S2/c1-15-6-4-7-16(10-15)23-17(13-32)26(33)37(20-11-29(2,3)12-21(38)24(20)23)27-35-36-28(41-27)40-14-22(39)34-25-18(30)8-5-9-19(25)31/h4-10,23H,11-12,14,33H2,1-3H3,(H,34,39). The van der Waals surface area contributed by atoms with Gasteiger partial charge in [0.05, 0.1) is 39.0 Å². The Hall–Kier alpha value is -3.36. The van der Waals surface area contributed by atoms with Gasteiger partial charge < -0.3 is 11.1 Å². The number of carbonyl (C=O) groups is 2. The predicted octanol–water partition coefficient (Wildman–Crippen LogP) is 6.83. The van der Waals surface area contributed by atoms with E-state index in [0.717, 1.165) is 16.8 Å². The van der Waals surface area contributed by atoms with Gasteiger partial charge in [-0.15, -0.1) is 10.2 Å². The smallest absolute Gasteiger partial charge is 0.234 e. The number of benzene rings is 2. The number of aromatic nitrogens is 2. The van der Waals surface area contributed by atoms with Gasteiger partial charge in [-0.3, -0.25) is 14.5 Å². The number of halogens is 2. The molecule has 210 valence electrons. The molecule has 1 aliphatic carbocycles. The summed E-state index contributed by atoms with van der Waals surface area (Å²) < 4.78 is 0.524. The van der Waals surface area contributed by atoms with Crippen LogP contribution >= 0.6 is 46.3 Å². The molecule has 0 radical (unpaired) electrons. The summed E-state index contributed by atoms with van der Waals surface area (Å²) in [6.45, 7) is 6.06. The summed E-state index contributed by atoms with van der Waals surface area (Å²) in [5.74, 6) is -0.614. The molecule has 0 fully saturated rings. The van der Waals surface area contributed by atoms with Crippen molar-refractivity contribution in [1.82, 2.24) is 10.2 Å². The number of nitrogens with zero attached hydrogens (tertiary/aromatic N) is 4. The van der Waals surface area contributed by atoms with E-state index in [0.29, 0.717) is 49.2 Å². The zero-order valence-corrected chi connectivity index (χ0v) is 25.6. The molecule has 1 unspecified atom stereocenters. The number of rotatable bonds is 6. The predicted molar refractivity (Wildman–Crippen MR) is 164 cm³/mol. The SMILES string of the molecule is Cc1cccc(C2C(C#N)=C(N)N(c3nnc(SCC(=O)Nc4c(Cl)cccc4Cl)s3)C3=C2C(=O)CC(C)(C)C3)c1. The number of ketones is 1. The molecule has 5 rings (SSSR count). The van der Waals surface area contributed by atoms with Gasteiger partial charge in [0, 0.05) is 17.7 Å². The van der Waals surface area contributed by atoms with E-state index in [1.54, 1.807) is 23.1 Å².